The van der Waals surface area contributed by atoms with Crippen LogP contribution in [-0.2, 0) is 16.4 Å². The van der Waals surface area contributed by atoms with E-state index < -0.39 is 10.0 Å². The van der Waals surface area contributed by atoms with E-state index in [9.17, 15) is 13.2 Å². The number of sulfonamides is 1. The summed E-state index contributed by atoms with van der Waals surface area (Å²) in [7, 11) is -3.75. The number of rotatable bonds is 4. The first-order valence-corrected chi connectivity index (χ1v) is 10.6. The number of halogens is 1. The molecular formula is C21H17ClN2O3S. The predicted octanol–water partition coefficient (Wildman–Crippen LogP) is 4.34. The molecule has 4 rings (SSSR count). The number of amides is 1. The summed E-state index contributed by atoms with van der Waals surface area (Å²) in [6, 6.07) is 20.4. The Morgan fingerprint density at radius 2 is 1.68 bits per heavy atom. The Kier molecular flexibility index (Phi) is 4.83. The number of nitrogens with one attached hydrogen (secondary N) is 1. The maximum absolute atomic E-state index is 12.9. The van der Waals surface area contributed by atoms with Crippen molar-refractivity contribution in [1.29, 1.82) is 0 Å². The van der Waals surface area contributed by atoms with Gasteiger partial charge in [-0.25, -0.2) is 8.42 Å². The topological polar surface area (TPSA) is 66.5 Å². The zero-order chi connectivity index (χ0) is 19.7. The molecule has 0 aromatic heterocycles. The molecule has 0 aliphatic carbocycles. The second-order valence-electron chi connectivity index (χ2n) is 6.45. The molecule has 5 nitrogen and oxygen atoms in total. The molecule has 0 unspecified atom stereocenters. The Morgan fingerprint density at radius 3 is 2.43 bits per heavy atom. The minimum absolute atomic E-state index is 0.139. The summed E-state index contributed by atoms with van der Waals surface area (Å²) in [4.78, 5) is 14.8. The first-order valence-electron chi connectivity index (χ1n) is 8.73. The predicted molar refractivity (Wildman–Crippen MR) is 111 cm³/mol. The normalized spacial score (nSPS) is 13.2. The minimum atomic E-state index is -3.75. The third-order valence-electron chi connectivity index (χ3n) is 4.65. The zero-order valence-corrected chi connectivity index (χ0v) is 16.4. The molecule has 0 atom stereocenters. The number of hydrogen-bond acceptors (Lipinski definition) is 3. The molecule has 0 saturated carbocycles. The van der Waals surface area contributed by atoms with Gasteiger partial charge >= 0.3 is 0 Å². The second-order valence-corrected chi connectivity index (χ2v) is 8.54. The van der Waals surface area contributed by atoms with E-state index in [1.165, 1.54) is 24.3 Å². The molecular weight excluding hydrogens is 396 g/mol. The van der Waals surface area contributed by atoms with E-state index in [0.29, 0.717) is 12.1 Å². The van der Waals surface area contributed by atoms with Gasteiger partial charge in [-0.2, -0.15) is 0 Å². The van der Waals surface area contributed by atoms with Crippen molar-refractivity contribution in [1.82, 2.24) is 0 Å². The average Bonchev–Trinajstić information content (AvgIpc) is 3.14. The number of carbonyl (C=O) groups is 1. The van der Waals surface area contributed by atoms with Crippen molar-refractivity contribution in [2.75, 3.05) is 16.2 Å². The molecule has 1 amide bonds. The van der Waals surface area contributed by atoms with Crippen molar-refractivity contribution >= 4 is 38.9 Å². The van der Waals surface area contributed by atoms with Crippen LogP contribution in [0.1, 0.15) is 15.9 Å². The van der Waals surface area contributed by atoms with E-state index in [0.717, 1.165) is 17.7 Å². The number of anilines is 2. The van der Waals surface area contributed by atoms with Crippen LogP contribution in [0.4, 0.5) is 11.4 Å². The van der Waals surface area contributed by atoms with Crippen LogP contribution in [0.5, 0.6) is 0 Å². The van der Waals surface area contributed by atoms with Crippen LogP contribution < -0.4 is 9.62 Å². The molecule has 0 fully saturated rings. The van der Waals surface area contributed by atoms with Gasteiger partial charge in [0.2, 0.25) is 0 Å². The Morgan fingerprint density at radius 1 is 0.964 bits per heavy atom. The molecule has 142 valence electrons. The maximum Gasteiger partial charge on any atom is 0.261 e. The Bertz CT molecular complexity index is 1150. The molecule has 1 aliphatic rings. The van der Waals surface area contributed by atoms with Gasteiger partial charge in [-0.15, -0.1) is 0 Å². The Labute approximate surface area is 168 Å². The molecule has 3 aromatic rings. The van der Waals surface area contributed by atoms with Crippen molar-refractivity contribution in [3.05, 3.63) is 88.9 Å². The number of fused-ring (bicyclic) bond motifs is 1. The van der Waals surface area contributed by atoms with Crippen LogP contribution in [-0.4, -0.2) is 20.9 Å². The summed E-state index contributed by atoms with van der Waals surface area (Å²) in [5, 5.41) is 0.165. The molecule has 1 N–H and O–H groups in total. The smallest absolute Gasteiger partial charge is 0.261 e. The maximum atomic E-state index is 12.9. The van der Waals surface area contributed by atoms with Gasteiger partial charge < -0.3 is 4.90 Å². The van der Waals surface area contributed by atoms with Crippen LogP contribution in [0.15, 0.2) is 77.7 Å². The standard InChI is InChI=1S/C21H17ClN2O3S/c22-18-14-16(21(25)24-13-12-15-6-4-5-9-20(15)24)10-11-19(18)23-28(26,27)17-7-2-1-3-8-17/h1-11,14,23H,12-13H2. The van der Waals surface area contributed by atoms with Gasteiger partial charge in [-0.3, -0.25) is 9.52 Å². The molecule has 0 bridgehead atoms. The van der Waals surface area contributed by atoms with Gasteiger partial charge in [0.05, 0.1) is 15.6 Å². The van der Waals surface area contributed by atoms with Crippen LogP contribution >= 0.6 is 11.6 Å². The fourth-order valence-electron chi connectivity index (χ4n) is 3.24. The van der Waals surface area contributed by atoms with E-state index in [1.54, 1.807) is 29.2 Å². The van der Waals surface area contributed by atoms with Crippen LogP contribution in [0.3, 0.4) is 0 Å². The lowest BCUT2D eigenvalue weighted by atomic mass is 10.1. The lowest BCUT2D eigenvalue weighted by Crippen LogP contribution is -2.28. The molecule has 1 heterocycles. The van der Waals surface area contributed by atoms with Gasteiger partial charge in [-0.05, 0) is 48.4 Å². The summed E-state index contributed by atoms with van der Waals surface area (Å²) in [5.74, 6) is -0.163. The first kappa shape index (κ1) is 18.5. The summed E-state index contributed by atoms with van der Waals surface area (Å²) in [6.45, 7) is 0.609. The van der Waals surface area contributed by atoms with Crippen LogP contribution in [0.2, 0.25) is 5.02 Å². The number of nitrogens with zero attached hydrogens (tertiary/aromatic N) is 1. The Balaban J connectivity index is 1.58. The van der Waals surface area contributed by atoms with E-state index >= 15 is 0 Å². The monoisotopic (exact) mass is 412 g/mol. The SMILES string of the molecule is O=C(c1ccc(NS(=O)(=O)c2ccccc2)c(Cl)c1)N1CCc2ccccc21. The highest BCUT2D eigenvalue weighted by atomic mass is 35.5. The van der Waals surface area contributed by atoms with Gasteiger partial charge in [0.1, 0.15) is 0 Å². The molecule has 3 aromatic carbocycles. The third kappa shape index (κ3) is 3.48. The van der Waals surface area contributed by atoms with Crippen molar-refractivity contribution < 1.29 is 13.2 Å². The Hall–Kier alpha value is -2.83. The number of benzene rings is 3. The van der Waals surface area contributed by atoms with Gasteiger partial charge in [-0.1, -0.05) is 48.0 Å². The lowest BCUT2D eigenvalue weighted by molar-refractivity contribution is 0.0989. The van der Waals surface area contributed by atoms with Crippen molar-refractivity contribution in [2.24, 2.45) is 0 Å². The van der Waals surface area contributed by atoms with E-state index in [1.807, 2.05) is 24.3 Å². The molecule has 0 spiro atoms. The highest BCUT2D eigenvalue weighted by molar-refractivity contribution is 7.92. The quantitative estimate of drug-likeness (QED) is 0.693. The van der Waals surface area contributed by atoms with Crippen molar-refractivity contribution in [3.8, 4) is 0 Å². The first-order chi connectivity index (χ1) is 13.5. The van der Waals surface area contributed by atoms with E-state index in [4.69, 9.17) is 11.6 Å². The largest absolute Gasteiger partial charge is 0.308 e. The number of hydrogen-bond donors (Lipinski definition) is 1. The van der Waals surface area contributed by atoms with Gasteiger partial charge in [0, 0.05) is 17.8 Å². The fourth-order valence-corrected chi connectivity index (χ4v) is 4.62. The molecule has 0 radical (unpaired) electrons. The van der Waals surface area contributed by atoms with Gasteiger partial charge in [0.15, 0.2) is 0 Å². The van der Waals surface area contributed by atoms with E-state index in [2.05, 4.69) is 4.72 Å². The van der Waals surface area contributed by atoms with E-state index in [-0.39, 0.29) is 21.5 Å². The summed E-state index contributed by atoms with van der Waals surface area (Å²) < 4.78 is 27.4. The van der Waals surface area contributed by atoms with Crippen LogP contribution in [0, 0.1) is 0 Å². The average molecular weight is 413 g/mol. The summed E-state index contributed by atoms with van der Waals surface area (Å²) in [5.41, 5.74) is 2.67. The molecule has 0 saturated heterocycles. The minimum Gasteiger partial charge on any atom is -0.308 e. The second kappa shape index (κ2) is 7.30. The summed E-state index contributed by atoms with van der Waals surface area (Å²) in [6.07, 6.45) is 0.810. The fraction of sp³-hybridized carbons (Fsp3) is 0.0952. The molecule has 28 heavy (non-hydrogen) atoms. The highest BCUT2D eigenvalue weighted by Gasteiger charge is 2.25. The van der Waals surface area contributed by atoms with Crippen molar-refractivity contribution in [3.63, 3.8) is 0 Å². The molecule has 7 heteroatoms. The zero-order valence-electron chi connectivity index (χ0n) is 14.8. The van der Waals surface area contributed by atoms with Crippen molar-refractivity contribution in [2.45, 2.75) is 11.3 Å². The molecule has 1 aliphatic heterocycles. The number of para-hydroxylation sites is 1. The third-order valence-corrected chi connectivity index (χ3v) is 6.34. The highest BCUT2D eigenvalue weighted by Crippen LogP contribution is 2.31. The summed E-state index contributed by atoms with van der Waals surface area (Å²) >= 11 is 6.28. The number of carbonyl (C=O) groups excluding carboxylic acids is 1. The van der Waals surface area contributed by atoms with Gasteiger partial charge in [0.25, 0.3) is 15.9 Å². The lowest BCUT2D eigenvalue weighted by Gasteiger charge is -2.18. The van der Waals surface area contributed by atoms with Crippen LogP contribution in [0.25, 0.3) is 0 Å².